The first-order valence-corrected chi connectivity index (χ1v) is 19.2. The minimum Gasteiger partial charge on any atom is -0.493 e. The molecular formula is C45H51F3N2O9. The summed E-state index contributed by atoms with van der Waals surface area (Å²) < 4.78 is 44.4. The van der Waals surface area contributed by atoms with Gasteiger partial charge in [0.15, 0.2) is 0 Å². The van der Waals surface area contributed by atoms with E-state index in [1.54, 1.807) is 13.8 Å². The first kappa shape index (κ1) is 46.1. The van der Waals surface area contributed by atoms with Gasteiger partial charge >= 0.3 is 18.1 Å². The van der Waals surface area contributed by atoms with Crippen LogP contribution in [0.1, 0.15) is 75.1 Å². The fourth-order valence-electron chi connectivity index (χ4n) is 6.92. The number of carbonyl (C=O) groups excluding carboxylic acids is 2. The summed E-state index contributed by atoms with van der Waals surface area (Å²) in [5, 5.41) is 40.3. The maximum Gasteiger partial charge on any atom is 0.416 e. The molecule has 1 fully saturated rings. The molecule has 0 spiro atoms. The molecule has 0 aromatic heterocycles. The molecule has 0 bridgehead atoms. The normalized spacial score (nSPS) is 17.7. The number of likely N-dealkylation sites (tertiary alicyclic amines) is 1. The number of hydrogen-bond acceptors (Lipinski definition) is 9. The molecule has 4 aromatic carbocycles. The van der Waals surface area contributed by atoms with Crippen LogP contribution in [0.15, 0.2) is 97.1 Å². The van der Waals surface area contributed by atoms with Crippen molar-refractivity contribution in [2.24, 2.45) is 5.92 Å². The van der Waals surface area contributed by atoms with E-state index in [2.05, 4.69) is 41.0 Å². The van der Waals surface area contributed by atoms with Gasteiger partial charge in [0.05, 0.1) is 12.2 Å². The number of ketones is 2. The standard InChI is InChI=1S/C25H33F3N2O.C20H18O8/c1-4-5-15-30-16-14-24(19-6-10-22(11-7-19)29(2)3)20(17-30)18-31-23-12-8-21(9-13-23)25(26,27)28;1-11-3-7-13(8-4-11)15(21)19(27,17(23)24)20(28,18(25)26)16(22)14-9-5-12(2)6-10-14/h6-13,20,24H,4-5,14-18H2,1-3H3;3-10,27-28H,1-2H3,(H,23,24)(H,25,26)/t20-,24-;/m0./s1. The number of aryl methyl sites for hydroxylation is 2. The van der Waals surface area contributed by atoms with E-state index in [0.717, 1.165) is 62.5 Å². The Morgan fingerprint density at radius 1 is 0.746 bits per heavy atom. The zero-order valence-electron chi connectivity index (χ0n) is 33.7. The number of halogens is 3. The van der Waals surface area contributed by atoms with Crippen molar-refractivity contribution in [3.8, 4) is 5.75 Å². The Bertz CT molecular complexity index is 1980. The number of ether oxygens (including phenoxy) is 1. The highest BCUT2D eigenvalue weighted by molar-refractivity contribution is 6.28. The number of aliphatic hydroxyl groups is 2. The van der Waals surface area contributed by atoms with Crippen LogP contribution in [0.25, 0.3) is 0 Å². The number of benzene rings is 4. The second-order valence-electron chi connectivity index (χ2n) is 15.0. The van der Waals surface area contributed by atoms with Crippen LogP contribution < -0.4 is 9.64 Å². The van der Waals surface area contributed by atoms with Gasteiger partial charge in [-0.2, -0.15) is 13.2 Å². The SMILES string of the molecule is CCCCN1CC[C@@H](c2ccc(N(C)C)cc2)[C@H](COc2ccc(C(F)(F)F)cc2)C1.Cc1ccc(C(=O)C(O)(C(=O)O)C(O)(C(=O)O)C(=O)c2ccc(C)cc2)cc1. The number of rotatable bonds is 15. The summed E-state index contributed by atoms with van der Waals surface area (Å²) in [5.74, 6) is -6.86. The molecule has 1 heterocycles. The molecule has 1 aliphatic heterocycles. The molecule has 5 rings (SSSR count). The summed E-state index contributed by atoms with van der Waals surface area (Å²) in [6, 6.07) is 24.0. The monoisotopic (exact) mass is 820 g/mol. The number of nitrogens with zero attached hydrogens (tertiary/aromatic N) is 2. The van der Waals surface area contributed by atoms with Crippen molar-refractivity contribution in [2.45, 2.75) is 63.3 Å². The van der Waals surface area contributed by atoms with Gasteiger partial charge in [-0.25, -0.2) is 9.59 Å². The van der Waals surface area contributed by atoms with Crippen LogP contribution in [0.2, 0.25) is 0 Å². The third kappa shape index (κ3) is 10.7. The third-order valence-electron chi connectivity index (χ3n) is 10.6. The van der Waals surface area contributed by atoms with E-state index in [1.807, 2.05) is 14.1 Å². The zero-order chi connectivity index (χ0) is 43.7. The molecule has 1 saturated heterocycles. The Morgan fingerprint density at radius 3 is 1.63 bits per heavy atom. The van der Waals surface area contributed by atoms with E-state index < -0.39 is 46.4 Å². The molecule has 1 aliphatic rings. The fourth-order valence-corrected chi connectivity index (χ4v) is 6.92. The Morgan fingerprint density at radius 2 is 1.22 bits per heavy atom. The minimum absolute atomic E-state index is 0.290. The lowest BCUT2D eigenvalue weighted by Crippen LogP contribution is -2.71. The number of unbranched alkanes of at least 4 members (excludes halogenated alkanes) is 1. The van der Waals surface area contributed by atoms with E-state index in [4.69, 9.17) is 4.74 Å². The maximum absolute atomic E-state index is 12.8. The fraction of sp³-hybridized carbons (Fsp3) is 0.378. The van der Waals surface area contributed by atoms with Crippen molar-refractivity contribution in [1.82, 2.24) is 4.90 Å². The van der Waals surface area contributed by atoms with Gasteiger partial charge in [-0.05, 0) is 87.7 Å². The van der Waals surface area contributed by atoms with Gasteiger partial charge in [-0.3, -0.25) is 9.59 Å². The topological polar surface area (TPSA) is 165 Å². The van der Waals surface area contributed by atoms with Gasteiger partial charge in [0.2, 0.25) is 11.6 Å². The van der Waals surface area contributed by atoms with Crippen LogP contribution in [0.5, 0.6) is 5.75 Å². The third-order valence-corrected chi connectivity index (χ3v) is 10.6. The Kier molecular flexibility index (Phi) is 15.2. The quantitative estimate of drug-likeness (QED) is 0.0717. The number of piperidine rings is 1. The van der Waals surface area contributed by atoms with Crippen LogP contribution >= 0.6 is 0 Å². The molecule has 11 nitrogen and oxygen atoms in total. The van der Waals surface area contributed by atoms with Crippen LogP contribution in [-0.2, 0) is 15.8 Å². The van der Waals surface area contributed by atoms with Crippen LogP contribution in [0.4, 0.5) is 18.9 Å². The van der Waals surface area contributed by atoms with Gasteiger partial charge in [-0.1, -0.05) is 85.1 Å². The molecule has 4 aromatic rings. The molecule has 2 unspecified atom stereocenters. The second-order valence-corrected chi connectivity index (χ2v) is 15.0. The number of carbonyl (C=O) groups is 4. The average Bonchev–Trinajstić information content (AvgIpc) is 3.21. The lowest BCUT2D eigenvalue weighted by Gasteiger charge is -2.39. The van der Waals surface area contributed by atoms with Crippen LogP contribution in [0, 0.1) is 19.8 Å². The van der Waals surface area contributed by atoms with Gasteiger partial charge < -0.3 is 35.0 Å². The lowest BCUT2D eigenvalue weighted by molar-refractivity contribution is -0.187. The first-order chi connectivity index (χ1) is 27.7. The molecule has 0 saturated carbocycles. The summed E-state index contributed by atoms with van der Waals surface area (Å²) in [7, 11) is 4.06. The number of carboxylic acid groups (broad SMARTS) is 2. The molecule has 0 aliphatic carbocycles. The lowest BCUT2D eigenvalue weighted by atomic mass is 9.73. The van der Waals surface area contributed by atoms with Gasteiger partial charge in [0.1, 0.15) is 5.75 Å². The minimum atomic E-state index is -4.33. The molecule has 0 amide bonds. The Labute approximate surface area is 341 Å². The van der Waals surface area contributed by atoms with Crippen LogP contribution in [0.3, 0.4) is 0 Å². The van der Waals surface area contributed by atoms with Crippen molar-refractivity contribution in [3.63, 3.8) is 0 Å². The predicted molar refractivity (Wildman–Crippen MR) is 216 cm³/mol. The highest BCUT2D eigenvalue weighted by Crippen LogP contribution is 2.36. The van der Waals surface area contributed by atoms with E-state index in [-0.39, 0.29) is 17.0 Å². The number of aliphatic carboxylic acids is 2. The van der Waals surface area contributed by atoms with Crippen molar-refractivity contribution in [3.05, 3.63) is 130 Å². The highest BCUT2D eigenvalue weighted by atomic mass is 19.4. The van der Waals surface area contributed by atoms with Gasteiger partial charge in [0.25, 0.3) is 11.2 Å². The molecule has 59 heavy (non-hydrogen) atoms. The van der Waals surface area contributed by atoms with Crippen LogP contribution in [-0.4, -0.2) is 100 Å². The number of anilines is 1. The van der Waals surface area contributed by atoms with E-state index in [1.165, 1.54) is 60.5 Å². The van der Waals surface area contributed by atoms with Crippen molar-refractivity contribution in [1.29, 1.82) is 0 Å². The van der Waals surface area contributed by atoms with Gasteiger partial charge in [0, 0.05) is 43.4 Å². The first-order valence-electron chi connectivity index (χ1n) is 19.2. The zero-order valence-corrected chi connectivity index (χ0v) is 33.7. The van der Waals surface area contributed by atoms with E-state index >= 15 is 0 Å². The maximum atomic E-state index is 12.8. The smallest absolute Gasteiger partial charge is 0.416 e. The summed E-state index contributed by atoms with van der Waals surface area (Å²) >= 11 is 0. The van der Waals surface area contributed by atoms with Crippen molar-refractivity contribution < 1.29 is 57.5 Å². The summed E-state index contributed by atoms with van der Waals surface area (Å²) in [4.78, 5) is 53.7. The molecule has 14 heteroatoms. The summed E-state index contributed by atoms with van der Waals surface area (Å²) in [6.45, 7) is 9.16. The van der Waals surface area contributed by atoms with Crippen molar-refractivity contribution >= 4 is 29.2 Å². The Hall–Kier alpha value is -5.57. The molecule has 316 valence electrons. The molecule has 4 N–H and O–H groups in total. The van der Waals surface area contributed by atoms with E-state index in [9.17, 15) is 52.8 Å². The summed E-state index contributed by atoms with van der Waals surface area (Å²) in [5.41, 5.74) is -5.45. The van der Waals surface area contributed by atoms with Gasteiger partial charge in [-0.15, -0.1) is 0 Å². The predicted octanol–water partition coefficient (Wildman–Crippen LogP) is 7.06. The summed E-state index contributed by atoms with van der Waals surface area (Å²) in [6.07, 6.45) is -0.926. The molecule has 0 radical (unpaired) electrons. The van der Waals surface area contributed by atoms with E-state index in [0.29, 0.717) is 29.4 Å². The van der Waals surface area contributed by atoms with Crippen molar-refractivity contribution in [2.75, 3.05) is 45.2 Å². The number of carboxylic acids is 2. The molecular weight excluding hydrogens is 769 g/mol. The average molecular weight is 821 g/mol. The number of hydrogen-bond donors (Lipinski definition) is 4. The largest absolute Gasteiger partial charge is 0.493 e. The number of alkyl halides is 3. The Balaban J connectivity index is 0.000000262. The second kappa shape index (κ2) is 19.5. The number of Topliss-reactive ketones (excluding diaryl/α,β-unsaturated/α-hetero) is 2. The highest BCUT2D eigenvalue weighted by Gasteiger charge is 2.70. The molecule has 4 atom stereocenters.